The van der Waals surface area contributed by atoms with Gasteiger partial charge in [0.1, 0.15) is 30.5 Å². The second kappa shape index (κ2) is 8.16. The summed E-state index contributed by atoms with van der Waals surface area (Å²) in [6.07, 6.45) is -5.39. The lowest BCUT2D eigenvalue weighted by Gasteiger charge is -2.39. The fraction of sp³-hybridized carbons (Fsp3) is 0.846. The quantitative estimate of drug-likeness (QED) is 0.253. The van der Waals surface area contributed by atoms with Crippen molar-refractivity contribution in [3.63, 3.8) is 0 Å². The van der Waals surface area contributed by atoms with Crippen LogP contribution >= 0.6 is 0 Å². The average molecular weight is 307 g/mol. The summed E-state index contributed by atoms with van der Waals surface area (Å²) in [6.45, 7) is 1.18. The molecule has 0 amide bonds. The monoisotopic (exact) mass is 307 g/mol. The van der Waals surface area contributed by atoms with Crippen molar-refractivity contribution >= 4 is 0 Å². The Morgan fingerprint density at radius 3 is 2.29 bits per heavy atom. The number of hydrogen-bond acceptors (Lipinski definition) is 8. The van der Waals surface area contributed by atoms with E-state index >= 15 is 0 Å². The van der Waals surface area contributed by atoms with Crippen molar-refractivity contribution in [1.82, 2.24) is 0 Å². The second-order valence-corrected chi connectivity index (χ2v) is 5.22. The van der Waals surface area contributed by atoms with Crippen LogP contribution in [0.25, 0.3) is 0 Å². The number of hydrogen-bond donors (Lipinski definition) is 7. The Hall–Kier alpha value is -0.580. The van der Waals surface area contributed by atoms with E-state index in [-0.39, 0.29) is 0 Å². The summed E-state index contributed by atoms with van der Waals surface area (Å²) in [7, 11) is 0. The van der Waals surface area contributed by atoms with Crippen LogP contribution in [0.3, 0.4) is 0 Å². The maximum Gasteiger partial charge on any atom is 0.112 e. The van der Waals surface area contributed by atoms with Crippen LogP contribution in [0.5, 0.6) is 0 Å². The van der Waals surface area contributed by atoms with E-state index in [0.29, 0.717) is 6.42 Å². The molecule has 0 saturated carbocycles. The van der Waals surface area contributed by atoms with Gasteiger partial charge in [-0.3, -0.25) is 0 Å². The molecule has 1 heterocycles. The van der Waals surface area contributed by atoms with Gasteiger partial charge >= 0.3 is 0 Å². The molecule has 0 aromatic rings. The standard InChI is InChI=1S/C13H25NO7/c1-2-7(16)10(17)6(14)3-4-8-11(18)13(20)12(19)9(5-15)21-8/h3-4,6-13,15-20H,2,5,14H2,1H3/b4-3-/t6-,7+,8-,9?,10-,11?,12-,13?/m0/s1. The highest BCUT2D eigenvalue weighted by molar-refractivity contribution is 5.06. The number of nitrogens with two attached hydrogens (primary N) is 1. The molecule has 21 heavy (non-hydrogen) atoms. The van der Waals surface area contributed by atoms with Crippen LogP contribution in [0.2, 0.25) is 0 Å². The van der Waals surface area contributed by atoms with Crippen LogP contribution in [0.15, 0.2) is 12.2 Å². The Morgan fingerprint density at radius 2 is 1.76 bits per heavy atom. The van der Waals surface area contributed by atoms with Crippen molar-refractivity contribution in [3.8, 4) is 0 Å². The predicted octanol–water partition coefficient (Wildman–Crippen LogP) is -3.16. The van der Waals surface area contributed by atoms with Gasteiger partial charge in [0.2, 0.25) is 0 Å². The molecule has 1 rings (SSSR count). The highest BCUT2D eigenvalue weighted by Gasteiger charge is 2.42. The van der Waals surface area contributed by atoms with Crippen LogP contribution in [0.1, 0.15) is 13.3 Å². The maximum atomic E-state index is 9.81. The minimum Gasteiger partial charge on any atom is -0.394 e. The van der Waals surface area contributed by atoms with E-state index in [0.717, 1.165) is 0 Å². The Labute approximate surface area is 123 Å². The molecule has 8 atom stereocenters. The first-order chi connectivity index (χ1) is 9.83. The first-order valence-corrected chi connectivity index (χ1v) is 6.94. The minimum absolute atomic E-state index is 0.336. The zero-order valence-corrected chi connectivity index (χ0v) is 11.9. The number of aliphatic hydroxyl groups is 6. The van der Waals surface area contributed by atoms with E-state index in [9.17, 15) is 25.5 Å². The summed E-state index contributed by atoms with van der Waals surface area (Å²) in [5, 5.41) is 57.3. The Bertz CT molecular complexity index is 338. The van der Waals surface area contributed by atoms with Crippen LogP contribution in [-0.4, -0.2) is 86.0 Å². The van der Waals surface area contributed by atoms with Crippen LogP contribution in [0, 0.1) is 0 Å². The SMILES string of the molecule is CC[C@@H](O)[C@@H](O)[C@@H](N)/C=C\[C@@H]1OC(CO)[C@H](O)C(O)C1O. The Balaban J connectivity index is 2.69. The maximum absolute atomic E-state index is 9.81. The van der Waals surface area contributed by atoms with Crippen molar-refractivity contribution in [3.05, 3.63) is 12.2 Å². The summed E-state index contributed by atoms with van der Waals surface area (Å²) >= 11 is 0. The summed E-state index contributed by atoms with van der Waals surface area (Å²) in [6, 6.07) is -0.882. The van der Waals surface area contributed by atoms with Crippen molar-refractivity contribution in [2.75, 3.05) is 6.61 Å². The zero-order valence-electron chi connectivity index (χ0n) is 11.9. The van der Waals surface area contributed by atoms with Crippen molar-refractivity contribution in [2.45, 2.75) is 62.1 Å². The van der Waals surface area contributed by atoms with E-state index in [1.54, 1.807) is 6.92 Å². The molecule has 0 radical (unpaired) electrons. The summed E-state index contributed by atoms with van der Waals surface area (Å²) in [4.78, 5) is 0. The second-order valence-electron chi connectivity index (χ2n) is 5.22. The molecule has 3 unspecified atom stereocenters. The summed E-state index contributed by atoms with van der Waals surface area (Å²) < 4.78 is 5.25. The predicted molar refractivity (Wildman–Crippen MR) is 73.2 cm³/mol. The fourth-order valence-electron chi connectivity index (χ4n) is 2.14. The highest BCUT2D eigenvalue weighted by Crippen LogP contribution is 2.22. The van der Waals surface area contributed by atoms with E-state index in [1.165, 1.54) is 12.2 Å². The van der Waals surface area contributed by atoms with Crippen LogP contribution in [0.4, 0.5) is 0 Å². The first-order valence-electron chi connectivity index (χ1n) is 6.94. The van der Waals surface area contributed by atoms with Gasteiger partial charge in [0.15, 0.2) is 0 Å². The molecular formula is C13H25NO7. The molecule has 0 bridgehead atoms. The van der Waals surface area contributed by atoms with Crippen molar-refractivity contribution in [1.29, 1.82) is 0 Å². The molecule has 124 valence electrons. The lowest BCUT2D eigenvalue weighted by molar-refractivity contribution is -0.216. The third kappa shape index (κ3) is 4.44. The van der Waals surface area contributed by atoms with Crippen LogP contribution in [-0.2, 0) is 4.74 Å². The molecule has 0 spiro atoms. The van der Waals surface area contributed by atoms with Crippen molar-refractivity contribution < 1.29 is 35.4 Å². The average Bonchev–Trinajstić information content (AvgIpc) is 2.50. The van der Waals surface area contributed by atoms with Gasteiger partial charge in [0.25, 0.3) is 0 Å². The van der Waals surface area contributed by atoms with E-state index in [2.05, 4.69) is 0 Å². The molecule has 0 aromatic carbocycles. The number of aliphatic hydroxyl groups excluding tert-OH is 6. The lowest BCUT2D eigenvalue weighted by atomic mass is 9.94. The first kappa shape index (κ1) is 18.5. The lowest BCUT2D eigenvalue weighted by Crippen LogP contribution is -2.58. The zero-order chi connectivity index (χ0) is 16.2. The van der Waals surface area contributed by atoms with Crippen molar-refractivity contribution in [2.24, 2.45) is 5.73 Å². The Morgan fingerprint density at radius 1 is 1.14 bits per heavy atom. The summed E-state index contributed by atoms with van der Waals surface area (Å²) in [5.74, 6) is 0. The minimum atomic E-state index is -1.46. The topological polar surface area (TPSA) is 157 Å². The molecular weight excluding hydrogens is 282 g/mol. The molecule has 0 aromatic heterocycles. The molecule has 1 saturated heterocycles. The largest absolute Gasteiger partial charge is 0.394 e. The van der Waals surface area contributed by atoms with Gasteiger partial charge in [0, 0.05) is 0 Å². The third-order valence-electron chi connectivity index (χ3n) is 3.66. The highest BCUT2D eigenvalue weighted by atomic mass is 16.5. The fourth-order valence-corrected chi connectivity index (χ4v) is 2.14. The molecule has 8 heteroatoms. The van der Waals surface area contributed by atoms with Gasteiger partial charge in [-0.25, -0.2) is 0 Å². The summed E-state index contributed by atoms with van der Waals surface area (Å²) in [5.41, 5.74) is 5.69. The van der Waals surface area contributed by atoms with Gasteiger partial charge in [-0.15, -0.1) is 0 Å². The molecule has 1 aliphatic rings. The molecule has 1 fully saturated rings. The van der Waals surface area contributed by atoms with Gasteiger partial charge in [-0.2, -0.15) is 0 Å². The van der Waals surface area contributed by atoms with Gasteiger partial charge in [-0.05, 0) is 6.42 Å². The molecule has 1 aliphatic heterocycles. The molecule has 0 aliphatic carbocycles. The van der Waals surface area contributed by atoms with E-state index in [1.807, 2.05) is 0 Å². The van der Waals surface area contributed by atoms with Gasteiger partial charge in [-0.1, -0.05) is 19.1 Å². The number of rotatable bonds is 6. The smallest absolute Gasteiger partial charge is 0.112 e. The van der Waals surface area contributed by atoms with Crippen LogP contribution < -0.4 is 5.73 Å². The van der Waals surface area contributed by atoms with E-state index < -0.39 is 55.4 Å². The van der Waals surface area contributed by atoms with E-state index in [4.69, 9.17) is 15.6 Å². The molecule has 8 N–H and O–H groups in total. The third-order valence-corrected chi connectivity index (χ3v) is 3.66. The molecule has 8 nitrogen and oxygen atoms in total. The van der Waals surface area contributed by atoms with Gasteiger partial charge in [0.05, 0.1) is 24.9 Å². The van der Waals surface area contributed by atoms with Gasteiger partial charge < -0.3 is 41.1 Å². The normalized spacial score (nSPS) is 38.4. The Kier molecular flexibility index (Phi) is 7.17. The number of ether oxygens (including phenoxy) is 1.